The Morgan fingerprint density at radius 3 is 2.02 bits per heavy atom. The van der Waals surface area contributed by atoms with E-state index in [0.29, 0.717) is 25.2 Å². The van der Waals surface area contributed by atoms with E-state index < -0.39 is 28.1 Å². The number of nitrogens with one attached hydrogen (secondary N) is 2. The van der Waals surface area contributed by atoms with Crippen molar-refractivity contribution in [1.29, 1.82) is 0 Å². The summed E-state index contributed by atoms with van der Waals surface area (Å²) >= 11 is 0. The van der Waals surface area contributed by atoms with E-state index >= 15 is 0 Å². The van der Waals surface area contributed by atoms with Crippen molar-refractivity contribution < 1.29 is 32.8 Å². The van der Waals surface area contributed by atoms with Crippen LogP contribution in [0.15, 0.2) is 0 Å². The zero-order valence-electron chi connectivity index (χ0n) is 33.3. The van der Waals surface area contributed by atoms with Crippen LogP contribution in [0.2, 0.25) is 0 Å². The highest BCUT2D eigenvalue weighted by molar-refractivity contribution is 7.85. The van der Waals surface area contributed by atoms with Crippen molar-refractivity contribution >= 4 is 21.9 Å². The molecule has 0 bridgehead atoms. The lowest BCUT2D eigenvalue weighted by atomic mass is 9.43. The fourth-order valence-corrected chi connectivity index (χ4v) is 12.2. The molecular formula is C42H76N2O7S. The molecule has 4 rings (SSSR count). The monoisotopic (exact) mass is 753 g/mol. The lowest BCUT2D eigenvalue weighted by Gasteiger charge is -2.63. The molecule has 9 nitrogen and oxygen atoms in total. The molecule has 0 aliphatic heterocycles. The predicted molar refractivity (Wildman–Crippen MR) is 208 cm³/mol. The van der Waals surface area contributed by atoms with E-state index in [1.165, 1.54) is 70.6 Å². The van der Waals surface area contributed by atoms with E-state index in [1.807, 2.05) is 0 Å². The quantitative estimate of drug-likeness (QED) is 0.0556. The first kappa shape index (κ1) is 43.5. The van der Waals surface area contributed by atoms with Gasteiger partial charge < -0.3 is 20.8 Å². The first-order valence-electron chi connectivity index (χ1n) is 21.6. The average Bonchev–Trinajstić information content (AvgIpc) is 3.44. The van der Waals surface area contributed by atoms with E-state index in [9.17, 15) is 28.2 Å². The second-order valence-corrected chi connectivity index (χ2v) is 19.9. The number of carbonyl (C=O) groups is 2. The van der Waals surface area contributed by atoms with Crippen LogP contribution >= 0.6 is 0 Å². The molecule has 11 atom stereocenters. The molecule has 52 heavy (non-hydrogen) atoms. The van der Waals surface area contributed by atoms with Gasteiger partial charge >= 0.3 is 0 Å². The number of aliphatic hydroxyl groups is 2. The van der Waals surface area contributed by atoms with Crippen LogP contribution in [0.1, 0.15) is 175 Å². The average molecular weight is 753 g/mol. The van der Waals surface area contributed by atoms with Crippen LogP contribution < -0.4 is 10.6 Å². The molecular weight excluding hydrogens is 677 g/mol. The Labute approximate surface area is 316 Å². The molecule has 4 aliphatic carbocycles. The summed E-state index contributed by atoms with van der Waals surface area (Å²) in [5.74, 6) is 0.825. The van der Waals surface area contributed by atoms with Crippen molar-refractivity contribution in [3.8, 4) is 0 Å². The molecule has 4 saturated carbocycles. The van der Waals surface area contributed by atoms with Gasteiger partial charge in [0.25, 0.3) is 10.1 Å². The third kappa shape index (κ3) is 11.4. The summed E-state index contributed by atoms with van der Waals surface area (Å²) in [4.78, 5) is 25.4. The van der Waals surface area contributed by atoms with Crippen molar-refractivity contribution in [3.63, 3.8) is 0 Å². The summed E-state index contributed by atoms with van der Waals surface area (Å²) in [7, 11) is -4.12. The van der Waals surface area contributed by atoms with Gasteiger partial charge in [-0.15, -0.1) is 0 Å². The third-order valence-electron chi connectivity index (χ3n) is 14.9. The Hall–Kier alpha value is -1.23. The van der Waals surface area contributed by atoms with Crippen LogP contribution in [-0.2, 0) is 19.7 Å². The molecule has 0 unspecified atom stereocenters. The summed E-state index contributed by atoms with van der Waals surface area (Å²) < 4.78 is 30.9. The second-order valence-electron chi connectivity index (χ2n) is 18.3. The van der Waals surface area contributed by atoms with Crippen molar-refractivity contribution in [2.24, 2.45) is 46.3 Å². The number of hydrogen-bond donors (Lipinski definition) is 5. The molecule has 4 fully saturated rings. The normalized spacial score (nSPS) is 34.9. The van der Waals surface area contributed by atoms with Gasteiger partial charge in [-0.1, -0.05) is 105 Å². The van der Waals surface area contributed by atoms with E-state index in [1.54, 1.807) is 0 Å². The maximum absolute atomic E-state index is 13.0. The van der Waals surface area contributed by atoms with E-state index in [4.69, 9.17) is 4.55 Å². The van der Waals surface area contributed by atoms with Gasteiger partial charge in [-0.05, 0) is 104 Å². The molecule has 0 aromatic carbocycles. The number of aliphatic hydroxyl groups excluding tert-OH is 2. The van der Waals surface area contributed by atoms with Crippen LogP contribution in [0.3, 0.4) is 0 Å². The van der Waals surface area contributed by atoms with Crippen molar-refractivity contribution in [1.82, 2.24) is 10.6 Å². The van der Waals surface area contributed by atoms with E-state index in [2.05, 4.69) is 38.3 Å². The molecule has 5 N–H and O–H groups in total. The number of rotatable bonds is 22. The van der Waals surface area contributed by atoms with Crippen LogP contribution in [0.5, 0.6) is 0 Å². The van der Waals surface area contributed by atoms with Crippen LogP contribution in [0, 0.1) is 46.3 Å². The summed E-state index contributed by atoms with van der Waals surface area (Å²) in [6.07, 6.45) is 23.8. The largest absolute Gasteiger partial charge is 0.393 e. The number of carbonyl (C=O) groups excluding carboxylic acids is 2. The van der Waals surface area contributed by atoms with Crippen LogP contribution in [0.4, 0.5) is 0 Å². The standard InChI is InChI=1S/C42H76N2O7S/c1-5-6-7-8-9-10-11-12-13-14-15-16-17-18-39(48)44-32-23-24-41(3)31(27-32)28-36(45)40-34-21-20-33(42(34,4)37(46)29-35(40)41)30(2)19-22-38(47)43-25-26-52(49,50)51/h30-37,40,45-46H,5-29H2,1-4H3,(H,43,47)(H,44,48)(H,49,50,51)/t30-,31+,32+,33-,34+,35+,36-,37+,40+,41+,42-/m1/s1. The Balaban J connectivity index is 1.19. The first-order valence-corrected chi connectivity index (χ1v) is 23.2. The topological polar surface area (TPSA) is 153 Å². The Morgan fingerprint density at radius 2 is 1.40 bits per heavy atom. The molecule has 0 saturated heterocycles. The number of hydrogen-bond acceptors (Lipinski definition) is 6. The lowest BCUT2D eigenvalue weighted by Crippen LogP contribution is -2.63. The lowest BCUT2D eigenvalue weighted by molar-refractivity contribution is -0.202. The highest BCUT2D eigenvalue weighted by Gasteiger charge is 2.65. The second kappa shape index (κ2) is 20.1. The minimum absolute atomic E-state index is 0.0341. The molecule has 10 heteroatoms. The Morgan fingerprint density at radius 1 is 0.788 bits per heavy atom. The van der Waals surface area contributed by atoms with Gasteiger partial charge in [0.1, 0.15) is 0 Å². The number of amides is 2. The number of unbranched alkanes of at least 4 members (excludes halogenated alkanes) is 12. The highest BCUT2D eigenvalue weighted by atomic mass is 32.2. The maximum Gasteiger partial charge on any atom is 0.266 e. The number of fused-ring (bicyclic) bond motifs is 5. The smallest absolute Gasteiger partial charge is 0.266 e. The van der Waals surface area contributed by atoms with Gasteiger partial charge in [0.05, 0.1) is 18.0 Å². The Kier molecular flexibility index (Phi) is 16.8. The highest BCUT2D eigenvalue weighted by Crippen LogP contribution is 2.68. The molecule has 2 amide bonds. The van der Waals surface area contributed by atoms with Gasteiger partial charge in [0.15, 0.2) is 0 Å². The molecule has 0 heterocycles. The summed E-state index contributed by atoms with van der Waals surface area (Å²) in [5.41, 5.74) is -0.294. The SMILES string of the molecule is CCCCCCCCCCCCCCCC(=O)N[C@H]1CC[C@@]2(C)[C@@H](C1)C[C@@H](O)[C@@H]1[C@@H]2C[C@H](O)[C@]2(C)[C@@H]([C@H](C)CCC(=O)NCCS(=O)(=O)O)CC[C@@H]12. The fourth-order valence-electron chi connectivity index (χ4n) is 11.9. The van der Waals surface area contributed by atoms with Crippen molar-refractivity contribution in [3.05, 3.63) is 0 Å². The van der Waals surface area contributed by atoms with Gasteiger partial charge in [0.2, 0.25) is 11.8 Å². The Bertz CT molecular complexity index is 1230. The summed E-state index contributed by atoms with van der Waals surface area (Å²) in [5, 5.41) is 29.7. The zero-order valence-corrected chi connectivity index (χ0v) is 34.1. The third-order valence-corrected chi connectivity index (χ3v) is 15.6. The minimum Gasteiger partial charge on any atom is -0.393 e. The minimum atomic E-state index is -4.12. The fraction of sp³-hybridized carbons (Fsp3) is 0.952. The molecule has 0 spiro atoms. The van der Waals surface area contributed by atoms with Gasteiger partial charge in [-0.3, -0.25) is 14.1 Å². The van der Waals surface area contributed by atoms with Gasteiger partial charge in [0, 0.05) is 25.4 Å². The maximum atomic E-state index is 13.0. The molecule has 0 radical (unpaired) electrons. The van der Waals surface area contributed by atoms with Gasteiger partial charge in [-0.2, -0.15) is 8.42 Å². The predicted octanol–water partition coefficient (Wildman–Crippen LogP) is 7.97. The molecule has 302 valence electrons. The zero-order chi connectivity index (χ0) is 37.9. The van der Waals surface area contributed by atoms with Gasteiger partial charge in [-0.25, -0.2) is 0 Å². The summed E-state index contributed by atoms with van der Waals surface area (Å²) in [6, 6.07) is 0.164. The van der Waals surface area contributed by atoms with E-state index in [0.717, 1.165) is 51.4 Å². The van der Waals surface area contributed by atoms with Crippen molar-refractivity contribution in [2.75, 3.05) is 12.3 Å². The summed E-state index contributed by atoms with van der Waals surface area (Å²) in [6.45, 7) is 8.94. The van der Waals surface area contributed by atoms with Crippen molar-refractivity contribution in [2.45, 2.75) is 194 Å². The molecule has 0 aromatic heterocycles. The molecule has 0 aromatic rings. The van der Waals surface area contributed by atoms with Crippen LogP contribution in [-0.4, -0.2) is 65.5 Å². The van der Waals surface area contributed by atoms with Crippen LogP contribution in [0.25, 0.3) is 0 Å². The first-order chi connectivity index (χ1) is 24.7. The molecule has 4 aliphatic rings. The van der Waals surface area contributed by atoms with E-state index in [-0.39, 0.29) is 71.2 Å².